The number of nitrogens with one attached hydrogen (secondary N) is 1. The predicted octanol–water partition coefficient (Wildman–Crippen LogP) is 3.53. The standard InChI is InChI=1S/C16H17N3OS/c1-5-11-10(4)21-16-13(11)15(20)18-14(19-16)12-7-8(2)6-9(3)17-12/h6-7H,5H2,1-4H3,(H,18,19,20). The second-order valence-electron chi connectivity index (χ2n) is 5.26. The normalized spacial score (nSPS) is 11.2. The van der Waals surface area contributed by atoms with Crippen LogP contribution in [-0.4, -0.2) is 15.0 Å². The van der Waals surface area contributed by atoms with Crippen LogP contribution < -0.4 is 5.56 Å². The number of aromatic amines is 1. The number of thiophene rings is 1. The first-order valence-electron chi connectivity index (χ1n) is 6.97. The third-order valence-electron chi connectivity index (χ3n) is 3.56. The molecule has 0 radical (unpaired) electrons. The summed E-state index contributed by atoms with van der Waals surface area (Å²) in [6, 6.07) is 3.95. The Bertz CT molecular complexity index is 872. The van der Waals surface area contributed by atoms with Crippen LogP contribution >= 0.6 is 11.3 Å². The van der Waals surface area contributed by atoms with Gasteiger partial charge in [-0.15, -0.1) is 11.3 Å². The number of hydrogen-bond donors (Lipinski definition) is 1. The summed E-state index contributed by atoms with van der Waals surface area (Å²) >= 11 is 1.58. The van der Waals surface area contributed by atoms with Gasteiger partial charge in [0.2, 0.25) is 0 Å². The highest BCUT2D eigenvalue weighted by Gasteiger charge is 2.15. The van der Waals surface area contributed by atoms with Crippen molar-refractivity contribution < 1.29 is 0 Å². The van der Waals surface area contributed by atoms with Crippen LogP contribution in [-0.2, 0) is 6.42 Å². The van der Waals surface area contributed by atoms with E-state index in [9.17, 15) is 4.79 Å². The Morgan fingerprint density at radius 1 is 1.19 bits per heavy atom. The van der Waals surface area contributed by atoms with Crippen molar-refractivity contribution in [2.75, 3.05) is 0 Å². The molecule has 0 saturated carbocycles. The molecule has 0 aromatic carbocycles. The highest BCUT2D eigenvalue weighted by atomic mass is 32.1. The molecule has 0 amide bonds. The molecule has 3 heterocycles. The maximum atomic E-state index is 12.4. The number of aromatic nitrogens is 3. The maximum Gasteiger partial charge on any atom is 0.260 e. The van der Waals surface area contributed by atoms with E-state index in [2.05, 4.69) is 21.9 Å². The topological polar surface area (TPSA) is 58.6 Å². The molecule has 108 valence electrons. The third kappa shape index (κ3) is 2.38. The lowest BCUT2D eigenvalue weighted by Gasteiger charge is -2.04. The van der Waals surface area contributed by atoms with Crippen LogP contribution in [0.3, 0.4) is 0 Å². The van der Waals surface area contributed by atoms with Gasteiger partial charge in [-0.05, 0) is 50.5 Å². The number of H-pyrrole nitrogens is 1. The van der Waals surface area contributed by atoms with E-state index >= 15 is 0 Å². The van der Waals surface area contributed by atoms with Crippen molar-refractivity contribution in [3.8, 4) is 11.5 Å². The highest BCUT2D eigenvalue weighted by molar-refractivity contribution is 7.18. The number of rotatable bonds is 2. The van der Waals surface area contributed by atoms with Gasteiger partial charge in [0.25, 0.3) is 5.56 Å². The average molecular weight is 299 g/mol. The van der Waals surface area contributed by atoms with Gasteiger partial charge in [-0.3, -0.25) is 4.79 Å². The van der Waals surface area contributed by atoms with Crippen LogP contribution in [0.15, 0.2) is 16.9 Å². The molecule has 0 saturated heterocycles. The average Bonchev–Trinajstić information content (AvgIpc) is 2.73. The molecule has 0 aliphatic heterocycles. The summed E-state index contributed by atoms with van der Waals surface area (Å²) in [6.07, 6.45) is 0.845. The minimum absolute atomic E-state index is 0.0721. The summed E-state index contributed by atoms with van der Waals surface area (Å²) < 4.78 is 0. The number of aryl methyl sites for hydroxylation is 4. The minimum atomic E-state index is -0.0721. The Morgan fingerprint density at radius 3 is 2.62 bits per heavy atom. The van der Waals surface area contributed by atoms with E-state index in [0.717, 1.165) is 44.0 Å². The van der Waals surface area contributed by atoms with Crippen LogP contribution in [0.25, 0.3) is 21.7 Å². The maximum absolute atomic E-state index is 12.4. The molecule has 0 aliphatic rings. The molecule has 0 spiro atoms. The molecule has 0 fully saturated rings. The van der Waals surface area contributed by atoms with Crippen molar-refractivity contribution in [2.45, 2.75) is 34.1 Å². The fourth-order valence-corrected chi connectivity index (χ4v) is 3.80. The largest absolute Gasteiger partial charge is 0.305 e. The molecule has 21 heavy (non-hydrogen) atoms. The Balaban J connectivity index is 2.28. The van der Waals surface area contributed by atoms with Gasteiger partial charge in [-0.2, -0.15) is 0 Å². The van der Waals surface area contributed by atoms with Gasteiger partial charge in [0, 0.05) is 10.6 Å². The molecular formula is C16H17N3OS. The van der Waals surface area contributed by atoms with Crippen molar-refractivity contribution in [1.29, 1.82) is 0 Å². The molecule has 3 aromatic rings. The van der Waals surface area contributed by atoms with E-state index in [0.29, 0.717) is 5.82 Å². The van der Waals surface area contributed by atoms with Gasteiger partial charge < -0.3 is 4.98 Å². The second-order valence-corrected chi connectivity index (χ2v) is 6.46. The highest BCUT2D eigenvalue weighted by Crippen LogP contribution is 2.28. The van der Waals surface area contributed by atoms with Gasteiger partial charge in [-0.1, -0.05) is 6.92 Å². The zero-order valence-electron chi connectivity index (χ0n) is 12.6. The predicted molar refractivity (Wildman–Crippen MR) is 87.1 cm³/mol. The van der Waals surface area contributed by atoms with Gasteiger partial charge in [0.1, 0.15) is 10.5 Å². The monoisotopic (exact) mass is 299 g/mol. The number of hydrogen-bond acceptors (Lipinski definition) is 4. The second kappa shape index (κ2) is 5.07. The van der Waals surface area contributed by atoms with E-state index in [1.807, 2.05) is 32.9 Å². The van der Waals surface area contributed by atoms with E-state index in [1.54, 1.807) is 11.3 Å². The molecule has 0 bridgehead atoms. The van der Waals surface area contributed by atoms with Crippen LogP contribution in [0.1, 0.15) is 28.6 Å². The Morgan fingerprint density at radius 2 is 1.95 bits per heavy atom. The van der Waals surface area contributed by atoms with Gasteiger partial charge in [0.05, 0.1) is 5.39 Å². The zero-order chi connectivity index (χ0) is 15.1. The molecule has 0 unspecified atom stereocenters. The minimum Gasteiger partial charge on any atom is -0.305 e. The summed E-state index contributed by atoms with van der Waals surface area (Å²) in [6.45, 7) is 8.06. The van der Waals surface area contributed by atoms with E-state index in [-0.39, 0.29) is 5.56 Å². The summed E-state index contributed by atoms with van der Waals surface area (Å²) in [5.74, 6) is 0.545. The lowest BCUT2D eigenvalue weighted by Crippen LogP contribution is -2.10. The summed E-state index contributed by atoms with van der Waals surface area (Å²) in [7, 11) is 0. The molecule has 0 atom stereocenters. The van der Waals surface area contributed by atoms with Crippen molar-refractivity contribution in [3.63, 3.8) is 0 Å². The molecule has 5 heteroatoms. The van der Waals surface area contributed by atoms with Crippen molar-refractivity contribution >= 4 is 21.6 Å². The van der Waals surface area contributed by atoms with Crippen molar-refractivity contribution in [2.24, 2.45) is 0 Å². The SMILES string of the molecule is CCc1c(C)sc2nc(-c3cc(C)cc(C)n3)[nH]c(=O)c12. The first kappa shape index (κ1) is 13.9. The Kier molecular flexibility index (Phi) is 3.37. The van der Waals surface area contributed by atoms with Gasteiger partial charge >= 0.3 is 0 Å². The molecule has 3 aromatic heterocycles. The van der Waals surface area contributed by atoms with Crippen molar-refractivity contribution in [3.05, 3.63) is 44.2 Å². The van der Waals surface area contributed by atoms with Crippen LogP contribution in [0.2, 0.25) is 0 Å². The first-order chi connectivity index (χ1) is 9.99. The molecule has 1 N–H and O–H groups in total. The summed E-state index contributed by atoms with van der Waals surface area (Å²) in [5.41, 5.74) is 3.78. The molecule has 4 nitrogen and oxygen atoms in total. The van der Waals surface area contributed by atoms with Crippen molar-refractivity contribution in [1.82, 2.24) is 15.0 Å². The third-order valence-corrected chi connectivity index (χ3v) is 4.60. The Hall–Kier alpha value is -2.01. The lowest BCUT2D eigenvalue weighted by atomic mass is 10.1. The number of nitrogens with zero attached hydrogens (tertiary/aromatic N) is 2. The zero-order valence-corrected chi connectivity index (χ0v) is 13.4. The van der Waals surface area contributed by atoms with Gasteiger partial charge in [-0.25, -0.2) is 9.97 Å². The molecule has 0 aliphatic carbocycles. The van der Waals surface area contributed by atoms with Crippen LogP contribution in [0.4, 0.5) is 0 Å². The van der Waals surface area contributed by atoms with Crippen LogP contribution in [0.5, 0.6) is 0 Å². The fraction of sp³-hybridized carbons (Fsp3) is 0.312. The Labute approximate surface area is 126 Å². The number of fused-ring (bicyclic) bond motifs is 1. The quantitative estimate of drug-likeness (QED) is 0.787. The van der Waals surface area contributed by atoms with Crippen LogP contribution in [0, 0.1) is 20.8 Å². The summed E-state index contributed by atoms with van der Waals surface area (Å²) in [5, 5.41) is 0.730. The molecule has 3 rings (SSSR count). The lowest BCUT2D eigenvalue weighted by molar-refractivity contribution is 1.10. The smallest absolute Gasteiger partial charge is 0.260 e. The first-order valence-corrected chi connectivity index (χ1v) is 7.79. The van der Waals surface area contributed by atoms with E-state index in [1.165, 1.54) is 0 Å². The molecular weight excluding hydrogens is 282 g/mol. The fourth-order valence-electron chi connectivity index (χ4n) is 2.68. The summed E-state index contributed by atoms with van der Waals surface area (Å²) in [4.78, 5) is 26.4. The van der Waals surface area contributed by atoms with E-state index in [4.69, 9.17) is 0 Å². The van der Waals surface area contributed by atoms with Gasteiger partial charge in [0.15, 0.2) is 5.82 Å². The number of pyridine rings is 1. The van der Waals surface area contributed by atoms with E-state index < -0.39 is 0 Å².